The van der Waals surface area contributed by atoms with Gasteiger partial charge in [0.15, 0.2) is 25.9 Å². The minimum Gasteiger partial charge on any atom is -0.748 e. The van der Waals surface area contributed by atoms with Crippen molar-refractivity contribution in [2.24, 2.45) is 21.7 Å². The molecule has 1 aliphatic carbocycles. The highest BCUT2D eigenvalue weighted by Gasteiger charge is 2.45. The number of benzene rings is 5. The molecule has 0 spiro atoms. The Morgan fingerprint density at radius 3 is 1.43 bits per heavy atom. The monoisotopic (exact) mass is 1780 g/mol. The normalized spacial score (nSPS) is 13.7. The number of phenols is 1. The number of aromatic hydroxyl groups is 1. The zero-order chi connectivity index (χ0) is 77.2. The molecule has 2 atom stereocenters. The van der Waals surface area contributed by atoms with E-state index in [0.717, 1.165) is 37.9 Å². The van der Waals surface area contributed by atoms with E-state index >= 15 is 0 Å². The average Bonchev–Trinajstić information content (AvgIpc) is 1.81. The number of esters is 5. The van der Waals surface area contributed by atoms with E-state index in [0.29, 0.717) is 41.8 Å². The van der Waals surface area contributed by atoms with Crippen LogP contribution in [0.1, 0.15) is 211 Å². The molecule has 2 unspecified atom stereocenters. The maximum Gasteiger partial charge on any atom is 0.426 e. The second-order valence-corrected chi connectivity index (χ2v) is 35.2. The van der Waals surface area contributed by atoms with Crippen molar-refractivity contribution in [1.29, 1.82) is 0 Å². The van der Waals surface area contributed by atoms with E-state index in [1.165, 1.54) is 39.2 Å². The van der Waals surface area contributed by atoms with Crippen LogP contribution in [0.3, 0.4) is 0 Å². The fourth-order valence-corrected chi connectivity index (χ4v) is 13.3. The maximum atomic E-state index is 12.7. The first-order chi connectivity index (χ1) is 46.5. The third kappa shape index (κ3) is 32.8. The Morgan fingerprint density at radius 2 is 1.02 bits per heavy atom. The quantitative estimate of drug-likeness (QED) is 0.00888. The summed E-state index contributed by atoms with van der Waals surface area (Å²) in [5.41, 5.74) is -2.79. The number of hydrogen-bond acceptors (Lipinski definition) is 15. The van der Waals surface area contributed by atoms with Gasteiger partial charge in [-0.25, -0.2) is 13.2 Å². The van der Waals surface area contributed by atoms with Crippen LogP contribution >= 0.6 is 67.8 Å². The Bertz CT molecular complexity index is 3530. The van der Waals surface area contributed by atoms with E-state index in [4.69, 9.17) is 28.8 Å². The maximum absolute atomic E-state index is 12.7. The Hall–Kier alpha value is -5.15. The molecule has 0 aromatic heterocycles. The summed E-state index contributed by atoms with van der Waals surface area (Å²) in [7, 11) is -5.39. The lowest BCUT2D eigenvalue weighted by Crippen LogP contribution is -2.39. The summed E-state index contributed by atoms with van der Waals surface area (Å²) in [6.45, 7) is 36.9. The molecule has 101 heavy (non-hydrogen) atoms. The van der Waals surface area contributed by atoms with Crippen LogP contribution in [-0.4, -0.2) is 96.0 Å². The summed E-state index contributed by atoms with van der Waals surface area (Å²) in [4.78, 5) is 63.9. The fraction of sp³-hybridized carbons (Fsp3) is 0.526. The van der Waals surface area contributed by atoms with Crippen LogP contribution in [0.15, 0.2) is 136 Å². The highest BCUT2D eigenvalue weighted by Crippen LogP contribution is 2.37. The minimum absolute atomic E-state index is 0.0376. The van der Waals surface area contributed by atoms with Gasteiger partial charge in [0.05, 0.1) is 54.0 Å². The van der Waals surface area contributed by atoms with Crippen molar-refractivity contribution in [3.8, 4) is 23.3 Å². The predicted octanol–water partition coefficient (Wildman–Crippen LogP) is 20.0. The molecule has 0 radical (unpaired) electrons. The largest absolute Gasteiger partial charge is 0.748 e. The van der Waals surface area contributed by atoms with Gasteiger partial charge in [0.25, 0.3) is 0 Å². The molecule has 0 saturated heterocycles. The minimum atomic E-state index is -5.21. The highest BCUT2D eigenvalue weighted by molar-refractivity contribution is 14.1. The van der Waals surface area contributed by atoms with Crippen molar-refractivity contribution in [1.82, 2.24) is 0 Å². The molecule has 6 rings (SSSR count). The molecule has 5 aromatic carbocycles. The van der Waals surface area contributed by atoms with Crippen LogP contribution < -0.4 is 4.74 Å². The SMILES string of the molecule is CCC(C)(C)C(=O)OC(C)(C)C#CC(C)(C)OC(=O)C(C)(C)CC.CCC(C)(C)C(=O)OC1(C)CCCC1.CCC(C)(C)C(=O)OCCOc1ccc([S+](c2ccccc2)c2ccccc2)cc1.CCC(C)c1ccc(O)cc1.O=C(OC(CS(=O)(=O)[O-])C(F)(F)F)c1cc(I)cc(I)c1I. The van der Waals surface area contributed by atoms with Crippen LogP contribution in [0.2, 0.25) is 0 Å². The third-order valence-electron chi connectivity index (χ3n) is 17.0. The topological polar surface area (TPSA) is 218 Å². The Kier molecular flexibility index (Phi) is 37.3. The van der Waals surface area contributed by atoms with E-state index < -0.39 is 61.6 Å². The molecule has 23 heteroatoms. The lowest BCUT2D eigenvalue weighted by molar-refractivity contribution is -0.197. The number of alkyl halides is 3. The molecule has 15 nitrogen and oxygen atoms in total. The van der Waals surface area contributed by atoms with Gasteiger partial charge in [-0.05, 0) is 300 Å². The molecule has 1 N–H and O–H groups in total. The average molecular weight is 1780 g/mol. The van der Waals surface area contributed by atoms with Crippen molar-refractivity contribution >= 4 is 119 Å². The molecule has 0 heterocycles. The summed E-state index contributed by atoms with van der Waals surface area (Å²) in [5.74, 6) is 3.58. The van der Waals surface area contributed by atoms with Gasteiger partial charge in [-0.2, -0.15) is 13.2 Å². The molecule has 1 fully saturated rings. The molecule has 560 valence electrons. The van der Waals surface area contributed by atoms with Crippen LogP contribution in [0.5, 0.6) is 11.5 Å². The van der Waals surface area contributed by atoms with Gasteiger partial charge in [-0.15, -0.1) is 0 Å². The number of ether oxygens (including phenoxy) is 6. The predicted molar refractivity (Wildman–Crippen MR) is 417 cm³/mol. The van der Waals surface area contributed by atoms with E-state index in [-0.39, 0.29) is 58.0 Å². The molecular formula is C78H104F3I3O15S2. The van der Waals surface area contributed by atoms with E-state index in [1.54, 1.807) is 68.5 Å². The van der Waals surface area contributed by atoms with Crippen molar-refractivity contribution in [3.63, 3.8) is 0 Å². The van der Waals surface area contributed by atoms with Gasteiger partial charge in [0.2, 0.25) is 6.10 Å². The van der Waals surface area contributed by atoms with Gasteiger partial charge in [-0.1, -0.05) is 102 Å². The van der Waals surface area contributed by atoms with Crippen LogP contribution in [0.25, 0.3) is 0 Å². The Morgan fingerprint density at radius 1 is 0.604 bits per heavy atom. The molecule has 0 amide bonds. The molecule has 1 saturated carbocycles. The van der Waals surface area contributed by atoms with E-state index in [2.05, 4.69) is 98.0 Å². The number of carbonyl (C=O) groups is 5. The number of carbonyl (C=O) groups excluding carboxylic acids is 5. The fourth-order valence-electron chi connectivity index (χ4n) is 8.26. The van der Waals surface area contributed by atoms with Crippen molar-refractivity contribution < 1.29 is 83.6 Å². The molecule has 5 aromatic rings. The van der Waals surface area contributed by atoms with Crippen molar-refractivity contribution in [2.45, 2.75) is 239 Å². The summed E-state index contributed by atoms with van der Waals surface area (Å²) in [5, 5.41) is 9.01. The van der Waals surface area contributed by atoms with Gasteiger partial charge in [0.1, 0.15) is 30.3 Å². The first-order valence-electron chi connectivity index (χ1n) is 33.7. The van der Waals surface area contributed by atoms with Gasteiger partial charge < -0.3 is 38.1 Å². The molecular weight excluding hydrogens is 1680 g/mol. The van der Waals surface area contributed by atoms with Crippen molar-refractivity contribution in [2.75, 3.05) is 19.0 Å². The molecule has 1 aliphatic rings. The lowest BCUT2D eigenvalue weighted by atomic mass is 9.90. The zero-order valence-electron chi connectivity index (χ0n) is 61.9. The van der Waals surface area contributed by atoms with Crippen LogP contribution in [0.4, 0.5) is 13.2 Å². The number of rotatable bonds is 24. The first-order valence-corrected chi connectivity index (χ1v) is 39.7. The van der Waals surface area contributed by atoms with E-state index in [1.807, 2.05) is 165 Å². The second kappa shape index (κ2) is 40.9. The summed E-state index contributed by atoms with van der Waals surface area (Å²) < 4.78 is 103. The third-order valence-corrected chi connectivity index (χ3v) is 23.6. The second-order valence-electron chi connectivity index (χ2n) is 28.2. The number of hydrogen-bond donors (Lipinski definition) is 1. The van der Waals surface area contributed by atoms with Crippen LogP contribution in [0, 0.1) is 44.2 Å². The van der Waals surface area contributed by atoms with Gasteiger partial charge >= 0.3 is 36.0 Å². The summed E-state index contributed by atoms with van der Waals surface area (Å²) in [6, 6.07) is 39.7. The standard InChI is InChI=1S/C26H29O3S.C20H34O4.C12H22O2.C10H6F3I3O5S.C10H14O/c1-4-26(2,3)25(27)29-20-19-28-21-15-17-24(18-16-21)30(22-11-7-5-8-12-22)23-13-9-6-10-14-23;1-11-17(3,4)15(21)23-19(7,8)13-14-20(9,10)24-16(22)18(5,6)12-2;1-5-11(2,3)10(13)14-12(4)8-6-7-9-12;11-10(12,13)7(3-22(18,19)20)21-9(17)5-1-4(14)2-6(15)8(5)16;1-3-8(2)9-4-6-10(11)7-5-9/h5-18H,4,19-20H2,1-3H3;11-12H2,1-10H3;5-9H2,1-4H3;1-2,7H,3H2,(H,18,19,20);4-8,11H,3H2,1-2H3/q+1;;;;/p-1. The smallest absolute Gasteiger partial charge is 0.426 e. The van der Waals surface area contributed by atoms with Crippen molar-refractivity contribution in [3.05, 3.63) is 143 Å². The molecule has 0 bridgehead atoms. The lowest BCUT2D eigenvalue weighted by Gasteiger charge is -2.29. The van der Waals surface area contributed by atoms with Gasteiger partial charge in [-0.3, -0.25) is 19.2 Å². The first kappa shape index (κ1) is 91.9. The number of phenolic OH excluding ortho intramolecular Hbond substituents is 1. The van der Waals surface area contributed by atoms with E-state index in [9.17, 15) is 50.1 Å². The highest BCUT2D eigenvalue weighted by atomic mass is 127. The summed E-state index contributed by atoms with van der Waals surface area (Å²) in [6.07, 6.45) is 0.367. The molecule has 0 aliphatic heterocycles. The van der Waals surface area contributed by atoms with Gasteiger partial charge in [0, 0.05) is 10.7 Å². The van der Waals surface area contributed by atoms with Crippen LogP contribution in [-0.2, 0) is 63.9 Å². The zero-order valence-corrected chi connectivity index (χ0v) is 70.0. The number of halogens is 6. The Labute approximate surface area is 642 Å². The Balaban J connectivity index is 0.000000446. The summed E-state index contributed by atoms with van der Waals surface area (Å²) >= 11 is 5.52.